The normalized spacial score (nSPS) is 26.7. The van der Waals surface area contributed by atoms with Gasteiger partial charge in [0.25, 0.3) is 0 Å². The van der Waals surface area contributed by atoms with Crippen LogP contribution in [0, 0.1) is 11.7 Å². The molecule has 0 aliphatic carbocycles. The van der Waals surface area contributed by atoms with Crippen molar-refractivity contribution in [2.45, 2.75) is 5.92 Å². The highest BCUT2D eigenvalue weighted by atomic mass is 19.1. The summed E-state index contributed by atoms with van der Waals surface area (Å²) in [6.45, 7) is 1.10. The average molecular weight is 197 g/mol. The van der Waals surface area contributed by atoms with Crippen LogP contribution in [0.2, 0.25) is 0 Å². The highest BCUT2D eigenvalue weighted by Crippen LogP contribution is 2.28. The van der Waals surface area contributed by atoms with Crippen LogP contribution in [0.25, 0.3) is 0 Å². The summed E-state index contributed by atoms with van der Waals surface area (Å²) in [5.74, 6) is -0.125. The highest BCUT2D eigenvalue weighted by Gasteiger charge is 2.28. The van der Waals surface area contributed by atoms with Crippen molar-refractivity contribution in [3.8, 4) is 0 Å². The lowest BCUT2D eigenvalue weighted by Crippen LogP contribution is -2.12. The maximum Gasteiger partial charge on any atom is 0.123 e. The zero-order valence-corrected chi connectivity index (χ0v) is 7.84. The third kappa shape index (κ3) is 1.77. The Hall–Kier alpha value is -0.960. The summed E-state index contributed by atoms with van der Waals surface area (Å²) in [5.41, 5.74) is 0.901. The van der Waals surface area contributed by atoms with Gasteiger partial charge in [-0.15, -0.1) is 0 Å². The predicted octanol–water partition coefficient (Wildman–Crippen LogP) is 2.10. The maximum atomic E-state index is 12.9. The van der Waals surface area contributed by atoms with E-state index in [-0.39, 0.29) is 24.3 Å². The van der Waals surface area contributed by atoms with Crippen molar-refractivity contribution in [2.24, 2.45) is 5.92 Å². The quantitative estimate of drug-likeness (QED) is 0.765. The van der Waals surface area contributed by atoms with E-state index < -0.39 is 0 Å². The van der Waals surface area contributed by atoms with Crippen molar-refractivity contribution in [1.29, 1.82) is 0 Å². The molecular formula is C11H13F2N. The second kappa shape index (κ2) is 4.05. The van der Waals surface area contributed by atoms with E-state index in [1.54, 1.807) is 6.07 Å². The lowest BCUT2D eigenvalue weighted by atomic mass is 9.90. The lowest BCUT2D eigenvalue weighted by molar-refractivity contribution is 0.358. The molecule has 2 rings (SSSR count). The molecule has 0 unspecified atom stereocenters. The Bertz CT molecular complexity index is 314. The summed E-state index contributed by atoms with van der Waals surface area (Å²) in [7, 11) is 0. The maximum absolute atomic E-state index is 12.9. The molecule has 1 N–H and O–H groups in total. The molecule has 3 heteroatoms. The Morgan fingerprint density at radius 3 is 2.93 bits per heavy atom. The number of alkyl halides is 1. The van der Waals surface area contributed by atoms with Crippen LogP contribution in [0.15, 0.2) is 24.3 Å². The fourth-order valence-electron chi connectivity index (χ4n) is 2.02. The minimum atomic E-state index is -0.339. The van der Waals surface area contributed by atoms with Crippen molar-refractivity contribution >= 4 is 0 Å². The molecule has 1 aliphatic rings. The molecule has 0 saturated carbocycles. The zero-order valence-electron chi connectivity index (χ0n) is 7.84. The van der Waals surface area contributed by atoms with E-state index in [2.05, 4.69) is 5.32 Å². The van der Waals surface area contributed by atoms with Gasteiger partial charge in [0.1, 0.15) is 5.82 Å². The molecule has 2 atom stereocenters. The molecule has 0 spiro atoms. The smallest absolute Gasteiger partial charge is 0.123 e. The standard InChI is InChI=1S/C11H13F2N/c12-5-9-6-14-7-11(9)8-2-1-3-10(13)4-8/h1-4,9,11,14H,5-7H2/t9-,11+/m0/s1. The predicted molar refractivity (Wildman–Crippen MR) is 51.5 cm³/mol. The fourth-order valence-corrected chi connectivity index (χ4v) is 2.02. The molecule has 76 valence electrons. The first-order valence-electron chi connectivity index (χ1n) is 4.83. The Morgan fingerprint density at radius 2 is 2.21 bits per heavy atom. The first-order chi connectivity index (χ1) is 6.81. The van der Waals surface area contributed by atoms with Gasteiger partial charge in [-0.05, 0) is 17.7 Å². The largest absolute Gasteiger partial charge is 0.316 e. The molecule has 0 radical (unpaired) electrons. The van der Waals surface area contributed by atoms with Gasteiger partial charge in [-0.2, -0.15) is 0 Å². The van der Waals surface area contributed by atoms with Crippen molar-refractivity contribution in [2.75, 3.05) is 19.8 Å². The van der Waals surface area contributed by atoms with Crippen LogP contribution in [0.3, 0.4) is 0 Å². The molecule has 14 heavy (non-hydrogen) atoms. The van der Waals surface area contributed by atoms with Gasteiger partial charge in [0, 0.05) is 24.9 Å². The molecule has 1 fully saturated rings. The third-order valence-electron chi connectivity index (χ3n) is 2.81. The first-order valence-corrected chi connectivity index (χ1v) is 4.83. The van der Waals surface area contributed by atoms with Crippen LogP contribution in [-0.4, -0.2) is 19.8 Å². The van der Waals surface area contributed by atoms with Crippen LogP contribution < -0.4 is 5.32 Å². The summed E-state index contributed by atoms with van der Waals surface area (Å²) in [6.07, 6.45) is 0. The Kier molecular flexibility index (Phi) is 2.77. The number of nitrogens with one attached hydrogen (secondary N) is 1. The van der Waals surface area contributed by atoms with Crippen LogP contribution >= 0.6 is 0 Å². The van der Waals surface area contributed by atoms with Gasteiger partial charge in [0.2, 0.25) is 0 Å². The molecule has 0 aromatic heterocycles. The summed E-state index contributed by atoms with van der Waals surface area (Å²) >= 11 is 0. The molecule has 1 saturated heterocycles. The monoisotopic (exact) mass is 197 g/mol. The van der Waals surface area contributed by atoms with E-state index in [0.717, 1.165) is 12.1 Å². The van der Waals surface area contributed by atoms with Gasteiger partial charge >= 0.3 is 0 Å². The second-order valence-electron chi connectivity index (χ2n) is 3.73. The SMILES string of the molecule is FC[C@H]1CNC[C@@H]1c1cccc(F)c1. The van der Waals surface area contributed by atoms with Gasteiger partial charge in [-0.1, -0.05) is 12.1 Å². The van der Waals surface area contributed by atoms with E-state index in [9.17, 15) is 8.78 Å². The van der Waals surface area contributed by atoms with Crippen LogP contribution in [-0.2, 0) is 0 Å². The van der Waals surface area contributed by atoms with E-state index in [4.69, 9.17) is 0 Å². The number of benzene rings is 1. The molecule has 1 aromatic rings. The summed E-state index contributed by atoms with van der Waals surface area (Å²) in [4.78, 5) is 0. The molecule has 0 amide bonds. The minimum Gasteiger partial charge on any atom is -0.316 e. The van der Waals surface area contributed by atoms with E-state index in [1.807, 2.05) is 6.07 Å². The van der Waals surface area contributed by atoms with Gasteiger partial charge in [-0.3, -0.25) is 4.39 Å². The van der Waals surface area contributed by atoms with Gasteiger partial charge in [0.05, 0.1) is 6.67 Å². The molecule has 1 nitrogen and oxygen atoms in total. The first kappa shape index (κ1) is 9.59. The Morgan fingerprint density at radius 1 is 1.36 bits per heavy atom. The zero-order chi connectivity index (χ0) is 9.97. The van der Waals surface area contributed by atoms with E-state index in [0.29, 0.717) is 6.54 Å². The summed E-state index contributed by atoms with van der Waals surface area (Å²) in [5, 5.41) is 3.13. The van der Waals surface area contributed by atoms with Crippen molar-refractivity contribution in [1.82, 2.24) is 5.32 Å². The van der Waals surface area contributed by atoms with Gasteiger partial charge in [0.15, 0.2) is 0 Å². The number of rotatable bonds is 2. The molecule has 0 bridgehead atoms. The fraction of sp³-hybridized carbons (Fsp3) is 0.455. The minimum absolute atomic E-state index is 0.00296. The van der Waals surface area contributed by atoms with Crippen LogP contribution in [0.4, 0.5) is 8.78 Å². The van der Waals surface area contributed by atoms with E-state index >= 15 is 0 Å². The number of hydrogen-bond donors (Lipinski definition) is 1. The van der Waals surface area contributed by atoms with Gasteiger partial charge in [-0.25, -0.2) is 4.39 Å². The Balaban J connectivity index is 2.21. The van der Waals surface area contributed by atoms with Crippen molar-refractivity contribution in [3.63, 3.8) is 0 Å². The van der Waals surface area contributed by atoms with Crippen LogP contribution in [0.5, 0.6) is 0 Å². The topological polar surface area (TPSA) is 12.0 Å². The summed E-state index contributed by atoms with van der Waals surface area (Å²) in [6, 6.07) is 6.46. The van der Waals surface area contributed by atoms with Gasteiger partial charge < -0.3 is 5.32 Å². The molecular weight excluding hydrogens is 184 g/mol. The Labute approximate surface area is 82.1 Å². The second-order valence-corrected chi connectivity index (χ2v) is 3.73. The number of hydrogen-bond acceptors (Lipinski definition) is 1. The summed E-state index contributed by atoms with van der Waals surface area (Å²) < 4.78 is 25.5. The third-order valence-corrected chi connectivity index (χ3v) is 2.81. The highest BCUT2D eigenvalue weighted by molar-refractivity contribution is 5.23. The number of halogens is 2. The van der Waals surface area contributed by atoms with Crippen molar-refractivity contribution in [3.05, 3.63) is 35.6 Å². The molecule has 1 aromatic carbocycles. The van der Waals surface area contributed by atoms with Crippen molar-refractivity contribution < 1.29 is 8.78 Å². The van der Waals surface area contributed by atoms with E-state index in [1.165, 1.54) is 12.1 Å². The van der Waals surface area contributed by atoms with Crippen LogP contribution in [0.1, 0.15) is 11.5 Å². The average Bonchev–Trinajstić information content (AvgIpc) is 2.65. The molecule has 1 heterocycles. The lowest BCUT2D eigenvalue weighted by Gasteiger charge is -2.15. The molecule has 1 aliphatic heterocycles.